The van der Waals surface area contributed by atoms with Crippen LogP contribution in [0, 0.1) is 0 Å². The van der Waals surface area contributed by atoms with Gasteiger partial charge in [-0.3, -0.25) is 14.5 Å². The van der Waals surface area contributed by atoms with E-state index >= 15 is 0 Å². The van der Waals surface area contributed by atoms with Crippen LogP contribution in [0.2, 0.25) is 0 Å². The molecule has 0 atom stereocenters. The number of aromatic amines is 1. The summed E-state index contributed by atoms with van der Waals surface area (Å²) in [6, 6.07) is 5.41. The van der Waals surface area contributed by atoms with E-state index in [1.807, 2.05) is 4.57 Å². The summed E-state index contributed by atoms with van der Waals surface area (Å²) in [4.78, 5) is 17.7. The second kappa shape index (κ2) is 6.23. The van der Waals surface area contributed by atoms with E-state index in [0.717, 1.165) is 18.4 Å². The average molecular weight is 401 g/mol. The van der Waals surface area contributed by atoms with Crippen molar-refractivity contribution in [2.45, 2.75) is 25.2 Å². The van der Waals surface area contributed by atoms with Crippen LogP contribution in [0.5, 0.6) is 5.75 Å². The van der Waals surface area contributed by atoms with Crippen molar-refractivity contribution in [1.29, 1.82) is 0 Å². The third-order valence-corrected chi connectivity index (χ3v) is 4.83. The van der Waals surface area contributed by atoms with Crippen LogP contribution in [0.3, 0.4) is 0 Å². The summed E-state index contributed by atoms with van der Waals surface area (Å²) in [6.07, 6.45) is 3.79. The van der Waals surface area contributed by atoms with Crippen molar-refractivity contribution in [1.82, 2.24) is 24.3 Å². The zero-order valence-electron chi connectivity index (χ0n) is 14.8. The summed E-state index contributed by atoms with van der Waals surface area (Å²) in [5.41, 5.74) is 2.60. The van der Waals surface area contributed by atoms with Crippen LogP contribution in [0.25, 0.3) is 27.8 Å². The molecule has 1 saturated carbocycles. The third kappa shape index (κ3) is 3.16. The van der Waals surface area contributed by atoms with E-state index in [9.17, 15) is 18.0 Å². The number of H-pyrrole nitrogens is 1. The highest BCUT2D eigenvalue weighted by Crippen LogP contribution is 2.38. The normalized spacial score (nSPS) is 14.4. The quantitative estimate of drug-likeness (QED) is 0.564. The van der Waals surface area contributed by atoms with Gasteiger partial charge < -0.3 is 9.30 Å². The molecule has 1 aliphatic rings. The number of nitrogens with one attached hydrogen (secondary N) is 1. The largest absolute Gasteiger partial charge is 0.573 e. The van der Waals surface area contributed by atoms with E-state index in [-0.39, 0.29) is 17.4 Å². The lowest BCUT2D eigenvalue weighted by Gasteiger charge is -2.12. The van der Waals surface area contributed by atoms with Gasteiger partial charge in [0, 0.05) is 35.2 Å². The molecule has 29 heavy (non-hydrogen) atoms. The fourth-order valence-corrected chi connectivity index (χ4v) is 3.37. The van der Waals surface area contributed by atoms with Crippen LogP contribution in [0.4, 0.5) is 13.2 Å². The van der Waals surface area contributed by atoms with Crippen molar-refractivity contribution in [3.8, 4) is 22.6 Å². The topological polar surface area (TPSA) is 77.7 Å². The van der Waals surface area contributed by atoms with Gasteiger partial charge in [-0.05, 0) is 37.1 Å². The zero-order chi connectivity index (χ0) is 20.2. The lowest BCUT2D eigenvalue weighted by molar-refractivity contribution is -0.274. The van der Waals surface area contributed by atoms with Crippen molar-refractivity contribution < 1.29 is 17.9 Å². The Morgan fingerprint density at radius 1 is 1.17 bits per heavy atom. The van der Waals surface area contributed by atoms with Crippen molar-refractivity contribution in [2.24, 2.45) is 0 Å². The maximum atomic E-state index is 13.2. The molecule has 1 aliphatic carbocycles. The summed E-state index contributed by atoms with van der Waals surface area (Å²) in [7, 11) is 0. The molecule has 1 aromatic carbocycles. The van der Waals surface area contributed by atoms with Crippen LogP contribution in [0.15, 0.2) is 54.0 Å². The smallest absolute Gasteiger partial charge is 0.406 e. The SMILES string of the molecule is O=c1c2c(ncn2C2CC2)c(-c2cn[nH]c2)cn1-c1ccc(OC(F)(F)F)cc1. The lowest BCUT2D eigenvalue weighted by atomic mass is 10.1. The first-order valence-corrected chi connectivity index (χ1v) is 8.88. The number of fused-ring (bicyclic) bond motifs is 1. The van der Waals surface area contributed by atoms with Gasteiger partial charge in [-0.25, -0.2) is 4.98 Å². The molecular weight excluding hydrogens is 387 g/mol. The highest BCUT2D eigenvalue weighted by molar-refractivity contribution is 5.91. The Kier molecular flexibility index (Phi) is 3.76. The Balaban J connectivity index is 1.68. The van der Waals surface area contributed by atoms with E-state index < -0.39 is 6.36 Å². The number of halogens is 3. The number of benzene rings is 1. The minimum Gasteiger partial charge on any atom is -0.406 e. The molecule has 1 fully saturated rings. The predicted octanol–water partition coefficient (Wildman–Crippen LogP) is 3.81. The molecule has 10 heteroatoms. The van der Waals surface area contributed by atoms with Gasteiger partial charge in [0.05, 0.1) is 12.5 Å². The Hall–Kier alpha value is -3.56. The first kappa shape index (κ1) is 17.5. The minimum atomic E-state index is -4.78. The van der Waals surface area contributed by atoms with Crippen molar-refractivity contribution in [3.63, 3.8) is 0 Å². The number of hydrogen-bond donors (Lipinski definition) is 1. The van der Waals surface area contributed by atoms with Crippen LogP contribution in [-0.4, -0.2) is 30.7 Å². The highest BCUT2D eigenvalue weighted by atomic mass is 19.4. The standard InChI is InChI=1S/C19H14F3N5O2/c20-19(21,22)29-14-5-3-12(4-6-14)26-9-15(11-7-24-25-8-11)16-17(18(26)28)27(10-23-16)13-1-2-13/h3-10,13H,1-2H2,(H,24,25). The average Bonchev–Trinajstić information content (AvgIpc) is 3.18. The maximum Gasteiger partial charge on any atom is 0.573 e. The van der Waals surface area contributed by atoms with Crippen molar-refractivity contribution in [2.75, 3.05) is 0 Å². The second-order valence-electron chi connectivity index (χ2n) is 6.83. The molecular formula is C19H14F3N5O2. The molecule has 4 aromatic rings. The van der Waals surface area contributed by atoms with Gasteiger partial charge in [-0.1, -0.05) is 0 Å². The third-order valence-electron chi connectivity index (χ3n) is 4.83. The van der Waals surface area contributed by atoms with Crippen LogP contribution in [0.1, 0.15) is 18.9 Å². The van der Waals surface area contributed by atoms with Gasteiger partial charge in [-0.15, -0.1) is 13.2 Å². The lowest BCUT2D eigenvalue weighted by Crippen LogP contribution is -2.21. The number of rotatable bonds is 4. The number of alkyl halides is 3. The molecule has 3 aromatic heterocycles. The predicted molar refractivity (Wildman–Crippen MR) is 97.9 cm³/mol. The van der Waals surface area contributed by atoms with E-state index in [4.69, 9.17) is 0 Å². The highest BCUT2D eigenvalue weighted by Gasteiger charge is 2.31. The Morgan fingerprint density at radius 2 is 1.93 bits per heavy atom. The summed E-state index contributed by atoms with van der Waals surface area (Å²) in [6.45, 7) is 0. The molecule has 0 bridgehead atoms. The number of pyridine rings is 1. The first-order chi connectivity index (χ1) is 13.9. The number of imidazole rings is 1. The van der Waals surface area contributed by atoms with Gasteiger partial charge >= 0.3 is 6.36 Å². The first-order valence-electron chi connectivity index (χ1n) is 8.88. The molecule has 0 saturated heterocycles. The molecule has 0 amide bonds. The monoisotopic (exact) mass is 401 g/mol. The van der Waals surface area contributed by atoms with E-state index in [1.165, 1.54) is 28.8 Å². The van der Waals surface area contributed by atoms with Crippen molar-refractivity contribution >= 4 is 11.0 Å². The zero-order valence-corrected chi connectivity index (χ0v) is 14.8. The number of ether oxygens (including phenoxy) is 1. The van der Waals surface area contributed by atoms with E-state index in [2.05, 4.69) is 19.9 Å². The summed E-state index contributed by atoms with van der Waals surface area (Å²) in [5, 5.41) is 6.70. The van der Waals surface area contributed by atoms with Crippen LogP contribution in [-0.2, 0) is 0 Å². The fourth-order valence-electron chi connectivity index (χ4n) is 3.37. The van der Waals surface area contributed by atoms with E-state index in [0.29, 0.717) is 22.3 Å². The van der Waals surface area contributed by atoms with Crippen LogP contribution < -0.4 is 10.3 Å². The summed E-state index contributed by atoms with van der Waals surface area (Å²) in [5.74, 6) is -0.353. The maximum absolute atomic E-state index is 13.2. The van der Waals surface area contributed by atoms with E-state index in [1.54, 1.807) is 24.9 Å². The minimum absolute atomic E-state index is 0.239. The molecule has 0 unspecified atom stereocenters. The van der Waals surface area contributed by atoms with Gasteiger partial charge in [0.2, 0.25) is 0 Å². The molecule has 7 nitrogen and oxygen atoms in total. The second-order valence-corrected chi connectivity index (χ2v) is 6.83. The molecule has 148 valence electrons. The molecule has 3 heterocycles. The summed E-state index contributed by atoms with van der Waals surface area (Å²) >= 11 is 0. The fraction of sp³-hybridized carbons (Fsp3) is 0.211. The molecule has 1 N–H and O–H groups in total. The van der Waals surface area contributed by atoms with Gasteiger partial charge in [0.15, 0.2) is 0 Å². The molecule has 0 aliphatic heterocycles. The van der Waals surface area contributed by atoms with Crippen LogP contribution >= 0.6 is 0 Å². The number of aromatic nitrogens is 5. The molecule has 0 radical (unpaired) electrons. The Morgan fingerprint density at radius 3 is 2.55 bits per heavy atom. The summed E-state index contributed by atoms with van der Waals surface area (Å²) < 4.78 is 44.4. The number of hydrogen-bond acceptors (Lipinski definition) is 4. The Labute approximate surface area is 161 Å². The molecule has 5 rings (SSSR count). The molecule has 0 spiro atoms. The van der Waals surface area contributed by atoms with Crippen molar-refractivity contribution in [3.05, 3.63) is 59.5 Å². The van der Waals surface area contributed by atoms with Gasteiger partial charge in [0.1, 0.15) is 16.8 Å². The van der Waals surface area contributed by atoms with Gasteiger partial charge in [0.25, 0.3) is 5.56 Å². The van der Waals surface area contributed by atoms with Gasteiger partial charge in [-0.2, -0.15) is 5.10 Å². The number of nitrogens with zero attached hydrogens (tertiary/aromatic N) is 4. The Bertz CT molecular complexity index is 1240.